The molecule has 0 saturated carbocycles. The van der Waals surface area contributed by atoms with Crippen molar-refractivity contribution in [1.29, 1.82) is 0 Å². The standard InChI is InChI=1S/C18H22N4O2/c1-13(15-11-7-8-12-19-15)20-16(23)18(2,3)22-17(24)21-14-9-5-4-6-10-14/h4-13H,1-3H3,(H,20,23)(H2,21,22,24). The van der Waals surface area contributed by atoms with Crippen LogP contribution in [0.15, 0.2) is 54.7 Å². The highest BCUT2D eigenvalue weighted by atomic mass is 16.2. The molecule has 3 amide bonds. The maximum absolute atomic E-state index is 12.5. The van der Waals surface area contributed by atoms with E-state index in [4.69, 9.17) is 0 Å². The van der Waals surface area contributed by atoms with Gasteiger partial charge in [-0.1, -0.05) is 24.3 Å². The third-order valence-corrected chi connectivity index (χ3v) is 3.50. The second kappa shape index (κ2) is 7.59. The minimum absolute atomic E-state index is 0.253. The quantitative estimate of drug-likeness (QED) is 0.790. The average molecular weight is 326 g/mol. The van der Waals surface area contributed by atoms with Crippen LogP contribution in [0.25, 0.3) is 0 Å². The molecule has 2 rings (SSSR count). The fourth-order valence-electron chi connectivity index (χ4n) is 2.11. The number of hydrogen-bond acceptors (Lipinski definition) is 3. The van der Waals surface area contributed by atoms with Crippen molar-refractivity contribution in [3.05, 3.63) is 60.4 Å². The van der Waals surface area contributed by atoms with Crippen molar-refractivity contribution in [2.45, 2.75) is 32.4 Å². The summed E-state index contributed by atoms with van der Waals surface area (Å²) in [6, 6.07) is 13.9. The lowest BCUT2D eigenvalue weighted by molar-refractivity contribution is -0.126. The largest absolute Gasteiger partial charge is 0.346 e. The SMILES string of the molecule is CC(NC(=O)C(C)(C)NC(=O)Nc1ccccc1)c1ccccn1. The van der Waals surface area contributed by atoms with Crippen molar-refractivity contribution in [2.24, 2.45) is 0 Å². The van der Waals surface area contributed by atoms with Crippen LogP contribution in [0.5, 0.6) is 0 Å². The maximum Gasteiger partial charge on any atom is 0.320 e. The summed E-state index contributed by atoms with van der Waals surface area (Å²) in [5.41, 5.74) is 0.352. The topological polar surface area (TPSA) is 83.1 Å². The molecule has 0 aliphatic rings. The lowest BCUT2D eigenvalue weighted by atomic mass is 10.0. The van der Waals surface area contributed by atoms with E-state index in [0.29, 0.717) is 5.69 Å². The average Bonchev–Trinajstić information content (AvgIpc) is 2.55. The number of pyridine rings is 1. The van der Waals surface area contributed by atoms with Crippen LogP contribution in [0.2, 0.25) is 0 Å². The summed E-state index contributed by atoms with van der Waals surface area (Å²) in [7, 11) is 0. The van der Waals surface area contributed by atoms with Gasteiger partial charge in [0.15, 0.2) is 0 Å². The molecule has 6 heteroatoms. The normalized spacial score (nSPS) is 12.1. The Hall–Kier alpha value is -2.89. The van der Waals surface area contributed by atoms with Crippen molar-refractivity contribution >= 4 is 17.6 Å². The van der Waals surface area contributed by atoms with Gasteiger partial charge in [0, 0.05) is 11.9 Å². The molecular weight excluding hydrogens is 304 g/mol. The molecule has 0 fully saturated rings. The maximum atomic E-state index is 12.5. The molecule has 1 heterocycles. The second-order valence-electron chi connectivity index (χ2n) is 6.02. The van der Waals surface area contributed by atoms with Crippen molar-refractivity contribution in [2.75, 3.05) is 5.32 Å². The van der Waals surface area contributed by atoms with Gasteiger partial charge in [0.05, 0.1) is 11.7 Å². The zero-order chi connectivity index (χ0) is 17.6. The Labute approximate surface area is 141 Å². The van der Waals surface area contributed by atoms with Gasteiger partial charge in [-0.05, 0) is 45.0 Å². The van der Waals surface area contributed by atoms with Crippen LogP contribution in [0.3, 0.4) is 0 Å². The summed E-state index contributed by atoms with van der Waals surface area (Å²) in [4.78, 5) is 28.7. The number of rotatable bonds is 5. The van der Waals surface area contributed by atoms with Crippen LogP contribution in [0, 0.1) is 0 Å². The molecule has 0 aliphatic heterocycles. The van der Waals surface area contributed by atoms with Gasteiger partial charge in [-0.25, -0.2) is 4.79 Å². The van der Waals surface area contributed by atoms with E-state index in [2.05, 4.69) is 20.9 Å². The van der Waals surface area contributed by atoms with E-state index in [9.17, 15) is 9.59 Å². The van der Waals surface area contributed by atoms with E-state index < -0.39 is 11.6 Å². The molecule has 6 nitrogen and oxygen atoms in total. The number of urea groups is 1. The van der Waals surface area contributed by atoms with Crippen LogP contribution in [-0.2, 0) is 4.79 Å². The van der Waals surface area contributed by atoms with Crippen LogP contribution in [0.1, 0.15) is 32.5 Å². The highest BCUT2D eigenvalue weighted by Gasteiger charge is 2.30. The van der Waals surface area contributed by atoms with Crippen molar-refractivity contribution in [1.82, 2.24) is 15.6 Å². The first-order valence-electron chi connectivity index (χ1n) is 7.74. The number of aromatic nitrogens is 1. The molecule has 0 spiro atoms. The predicted octanol–water partition coefficient (Wildman–Crippen LogP) is 2.86. The molecule has 1 aromatic heterocycles. The fraction of sp³-hybridized carbons (Fsp3) is 0.278. The molecule has 0 bridgehead atoms. The number of carbonyl (C=O) groups excluding carboxylic acids is 2. The highest BCUT2D eigenvalue weighted by Crippen LogP contribution is 2.12. The molecule has 0 saturated heterocycles. The van der Waals surface area contributed by atoms with Gasteiger partial charge in [0.25, 0.3) is 0 Å². The monoisotopic (exact) mass is 326 g/mol. The summed E-state index contributed by atoms with van der Waals surface area (Å²) in [6.45, 7) is 5.15. The molecule has 1 aromatic carbocycles. The number of para-hydroxylation sites is 1. The fourth-order valence-corrected chi connectivity index (χ4v) is 2.11. The predicted molar refractivity (Wildman–Crippen MR) is 93.5 cm³/mol. The number of nitrogens with one attached hydrogen (secondary N) is 3. The van der Waals surface area contributed by atoms with Crippen LogP contribution >= 0.6 is 0 Å². The Bertz CT molecular complexity index is 687. The third kappa shape index (κ3) is 4.81. The van der Waals surface area contributed by atoms with E-state index in [0.717, 1.165) is 5.69 Å². The van der Waals surface area contributed by atoms with Crippen LogP contribution in [0.4, 0.5) is 10.5 Å². The molecule has 24 heavy (non-hydrogen) atoms. The summed E-state index contributed by atoms with van der Waals surface area (Å²) >= 11 is 0. The van der Waals surface area contributed by atoms with Gasteiger partial charge in [0.1, 0.15) is 5.54 Å². The summed E-state index contributed by atoms with van der Waals surface area (Å²) in [5.74, 6) is -0.288. The van der Waals surface area contributed by atoms with E-state index in [1.54, 1.807) is 32.2 Å². The van der Waals surface area contributed by atoms with Gasteiger partial charge in [-0.3, -0.25) is 9.78 Å². The third-order valence-electron chi connectivity index (χ3n) is 3.50. The number of nitrogens with zero attached hydrogens (tertiary/aromatic N) is 1. The first-order valence-corrected chi connectivity index (χ1v) is 7.74. The van der Waals surface area contributed by atoms with Crippen LogP contribution in [-0.4, -0.2) is 22.5 Å². The van der Waals surface area contributed by atoms with Crippen LogP contribution < -0.4 is 16.0 Å². The highest BCUT2D eigenvalue weighted by molar-refractivity contribution is 5.95. The Morgan fingerprint density at radius 3 is 2.33 bits per heavy atom. The molecule has 1 unspecified atom stereocenters. The van der Waals surface area contributed by atoms with Crippen molar-refractivity contribution in [3.8, 4) is 0 Å². The Morgan fingerprint density at radius 1 is 1.04 bits per heavy atom. The van der Waals surface area contributed by atoms with Crippen molar-refractivity contribution in [3.63, 3.8) is 0 Å². The zero-order valence-electron chi connectivity index (χ0n) is 14.0. The lowest BCUT2D eigenvalue weighted by Gasteiger charge is -2.27. The van der Waals surface area contributed by atoms with Gasteiger partial charge >= 0.3 is 6.03 Å². The molecule has 2 aromatic rings. The first kappa shape index (κ1) is 17.5. The molecule has 1 atom stereocenters. The second-order valence-corrected chi connectivity index (χ2v) is 6.02. The number of amides is 3. The van der Waals surface area contributed by atoms with E-state index in [-0.39, 0.29) is 11.9 Å². The van der Waals surface area contributed by atoms with Gasteiger partial charge in [0.2, 0.25) is 5.91 Å². The Morgan fingerprint density at radius 2 is 1.71 bits per heavy atom. The molecular formula is C18H22N4O2. The lowest BCUT2D eigenvalue weighted by Crippen LogP contribution is -2.56. The number of carbonyl (C=O) groups is 2. The summed E-state index contributed by atoms with van der Waals surface area (Å²) < 4.78 is 0. The van der Waals surface area contributed by atoms with Gasteiger partial charge in [-0.15, -0.1) is 0 Å². The first-order chi connectivity index (χ1) is 11.4. The van der Waals surface area contributed by atoms with E-state index in [1.165, 1.54) is 0 Å². The van der Waals surface area contributed by atoms with E-state index in [1.807, 2.05) is 43.3 Å². The Kier molecular flexibility index (Phi) is 5.52. The number of anilines is 1. The molecule has 0 aliphatic carbocycles. The number of hydrogen-bond donors (Lipinski definition) is 3. The zero-order valence-corrected chi connectivity index (χ0v) is 14.0. The minimum Gasteiger partial charge on any atom is -0.346 e. The molecule has 3 N–H and O–H groups in total. The minimum atomic E-state index is -1.07. The van der Waals surface area contributed by atoms with Gasteiger partial charge in [-0.2, -0.15) is 0 Å². The Balaban J connectivity index is 1.93. The van der Waals surface area contributed by atoms with Crippen molar-refractivity contribution < 1.29 is 9.59 Å². The number of benzene rings is 1. The smallest absolute Gasteiger partial charge is 0.320 e. The summed E-state index contributed by atoms with van der Waals surface area (Å²) in [5, 5.41) is 8.24. The molecule has 126 valence electrons. The summed E-state index contributed by atoms with van der Waals surface area (Å²) in [6.07, 6.45) is 1.68. The van der Waals surface area contributed by atoms with Gasteiger partial charge < -0.3 is 16.0 Å². The molecule has 0 radical (unpaired) electrons. The van der Waals surface area contributed by atoms with E-state index >= 15 is 0 Å².